The molecule has 33 heavy (non-hydrogen) atoms. The van der Waals surface area contributed by atoms with Gasteiger partial charge in [0.05, 0.1) is 42.8 Å². The number of carbonyl (C=O) groups is 1. The topological polar surface area (TPSA) is 77.7 Å². The van der Waals surface area contributed by atoms with E-state index >= 15 is 0 Å². The number of nitriles is 1. The molecule has 2 aliphatic heterocycles. The number of rotatable bonds is 7. The van der Waals surface area contributed by atoms with Crippen LogP contribution in [0.3, 0.4) is 0 Å². The van der Waals surface area contributed by atoms with Crippen molar-refractivity contribution in [2.75, 3.05) is 32.8 Å². The molecule has 2 aliphatic rings. The SMILES string of the molecule is C=N/C(C)=C(\NCC1(F)COC1)c1cc(C(=O)N2CC(c3ccc(C#N)cc3)C2)ccc1C. The number of carbonyl (C=O) groups excluding carboxylic acids is 1. The summed E-state index contributed by atoms with van der Waals surface area (Å²) in [5.41, 5.74) is 4.00. The van der Waals surface area contributed by atoms with E-state index in [9.17, 15) is 9.18 Å². The second-order valence-corrected chi connectivity index (χ2v) is 8.79. The predicted molar refractivity (Wildman–Crippen MR) is 126 cm³/mol. The molecule has 0 radical (unpaired) electrons. The zero-order chi connectivity index (χ0) is 23.6. The van der Waals surface area contributed by atoms with Gasteiger partial charge in [0.1, 0.15) is 0 Å². The van der Waals surface area contributed by atoms with Gasteiger partial charge in [-0.2, -0.15) is 5.26 Å². The van der Waals surface area contributed by atoms with Gasteiger partial charge in [0, 0.05) is 30.1 Å². The van der Waals surface area contributed by atoms with Crippen LogP contribution in [-0.4, -0.2) is 56.0 Å². The highest BCUT2D eigenvalue weighted by molar-refractivity contribution is 5.96. The standard InChI is InChI=1S/C26H27FN4O2/c1-17-4-7-21(10-23(17)24(18(2)29-3)30-14-26(27)15-33-16-26)25(32)31-12-22(13-31)20-8-5-19(11-28)6-9-20/h4-10,22,30H,3,12-16H2,1-2H3/b24-18-. The molecule has 2 saturated heterocycles. The summed E-state index contributed by atoms with van der Waals surface area (Å²) in [6.07, 6.45) is 0. The quantitative estimate of drug-likeness (QED) is 0.656. The van der Waals surface area contributed by atoms with Crippen molar-refractivity contribution in [2.24, 2.45) is 4.99 Å². The Morgan fingerprint density at radius 3 is 2.58 bits per heavy atom. The Kier molecular flexibility index (Phi) is 6.30. The van der Waals surface area contributed by atoms with Gasteiger partial charge in [-0.3, -0.25) is 9.79 Å². The Morgan fingerprint density at radius 2 is 2.00 bits per heavy atom. The predicted octanol–water partition coefficient (Wildman–Crippen LogP) is 3.82. The van der Waals surface area contributed by atoms with Crippen LogP contribution in [0.4, 0.5) is 4.39 Å². The number of allylic oxidation sites excluding steroid dienone is 1. The van der Waals surface area contributed by atoms with Crippen molar-refractivity contribution < 1.29 is 13.9 Å². The minimum atomic E-state index is -1.40. The van der Waals surface area contributed by atoms with Crippen LogP contribution >= 0.6 is 0 Å². The van der Waals surface area contributed by atoms with Crippen LogP contribution in [0.15, 0.2) is 53.2 Å². The molecule has 2 fully saturated rings. The number of amides is 1. The van der Waals surface area contributed by atoms with Crippen molar-refractivity contribution >= 4 is 18.3 Å². The van der Waals surface area contributed by atoms with Gasteiger partial charge in [0.25, 0.3) is 5.91 Å². The number of benzene rings is 2. The third kappa shape index (κ3) is 4.67. The van der Waals surface area contributed by atoms with E-state index in [2.05, 4.69) is 23.1 Å². The van der Waals surface area contributed by atoms with Crippen LogP contribution in [0.1, 0.15) is 45.5 Å². The van der Waals surface area contributed by atoms with Crippen LogP contribution in [0, 0.1) is 18.3 Å². The summed E-state index contributed by atoms with van der Waals surface area (Å²) in [5, 5.41) is 12.1. The first-order chi connectivity index (χ1) is 15.8. The molecule has 0 aliphatic carbocycles. The summed E-state index contributed by atoms with van der Waals surface area (Å²) < 4.78 is 19.5. The maximum absolute atomic E-state index is 14.5. The second-order valence-electron chi connectivity index (χ2n) is 8.79. The first-order valence-corrected chi connectivity index (χ1v) is 10.9. The third-order valence-corrected chi connectivity index (χ3v) is 6.34. The minimum Gasteiger partial charge on any atom is -0.380 e. The summed E-state index contributed by atoms with van der Waals surface area (Å²) in [6.45, 7) is 8.87. The number of ether oxygens (including phenoxy) is 1. The number of alkyl halides is 1. The minimum absolute atomic E-state index is 0.0425. The van der Waals surface area contributed by atoms with Gasteiger partial charge in [-0.15, -0.1) is 0 Å². The summed E-state index contributed by atoms with van der Waals surface area (Å²) in [6, 6.07) is 15.2. The van der Waals surface area contributed by atoms with Crippen molar-refractivity contribution in [1.82, 2.24) is 10.2 Å². The molecule has 4 rings (SSSR count). The van der Waals surface area contributed by atoms with Crippen molar-refractivity contribution in [3.8, 4) is 6.07 Å². The Hall–Kier alpha value is -3.50. The lowest BCUT2D eigenvalue weighted by molar-refractivity contribution is -0.125. The molecular formula is C26H27FN4O2. The fraction of sp³-hybridized carbons (Fsp3) is 0.346. The lowest BCUT2D eigenvalue weighted by Crippen LogP contribution is -2.52. The number of nitrogens with one attached hydrogen (secondary N) is 1. The summed E-state index contributed by atoms with van der Waals surface area (Å²) in [5.74, 6) is 0.223. The molecule has 0 saturated carbocycles. The molecule has 0 unspecified atom stereocenters. The molecule has 1 N–H and O–H groups in total. The van der Waals surface area contributed by atoms with E-state index in [4.69, 9.17) is 10.00 Å². The van der Waals surface area contributed by atoms with E-state index in [1.807, 2.05) is 49.1 Å². The highest BCUT2D eigenvalue weighted by atomic mass is 19.1. The lowest BCUT2D eigenvalue weighted by atomic mass is 9.90. The van der Waals surface area contributed by atoms with E-state index in [1.54, 1.807) is 12.1 Å². The summed E-state index contributed by atoms with van der Waals surface area (Å²) >= 11 is 0. The van der Waals surface area contributed by atoms with E-state index in [0.717, 1.165) is 16.7 Å². The molecule has 6 nitrogen and oxygen atoms in total. The number of hydrogen-bond donors (Lipinski definition) is 1. The number of likely N-dealkylation sites (tertiary alicyclic amines) is 1. The van der Waals surface area contributed by atoms with E-state index in [0.29, 0.717) is 35.6 Å². The maximum Gasteiger partial charge on any atom is 0.253 e. The van der Waals surface area contributed by atoms with E-state index in [-0.39, 0.29) is 31.6 Å². The second kappa shape index (κ2) is 9.16. The largest absolute Gasteiger partial charge is 0.380 e. The smallest absolute Gasteiger partial charge is 0.253 e. The average Bonchev–Trinajstić information content (AvgIpc) is 2.78. The number of hydrogen-bond acceptors (Lipinski definition) is 5. The number of nitrogens with zero attached hydrogens (tertiary/aromatic N) is 3. The van der Waals surface area contributed by atoms with Gasteiger partial charge in [-0.1, -0.05) is 18.2 Å². The zero-order valence-electron chi connectivity index (χ0n) is 18.9. The molecule has 1 amide bonds. The summed E-state index contributed by atoms with van der Waals surface area (Å²) in [4.78, 5) is 19.0. The van der Waals surface area contributed by atoms with Gasteiger partial charge in [-0.25, -0.2) is 4.39 Å². The number of halogens is 1. The highest BCUT2D eigenvalue weighted by Crippen LogP contribution is 2.30. The Bertz CT molecular complexity index is 1140. The lowest BCUT2D eigenvalue weighted by Gasteiger charge is -2.39. The van der Waals surface area contributed by atoms with Gasteiger partial charge < -0.3 is 15.0 Å². The monoisotopic (exact) mass is 446 g/mol. The molecule has 2 aromatic rings. The van der Waals surface area contributed by atoms with Crippen LogP contribution in [0.2, 0.25) is 0 Å². The molecule has 0 bridgehead atoms. The summed E-state index contributed by atoms with van der Waals surface area (Å²) in [7, 11) is 0. The van der Waals surface area contributed by atoms with Crippen molar-refractivity contribution in [2.45, 2.75) is 25.4 Å². The van der Waals surface area contributed by atoms with Crippen molar-refractivity contribution in [1.29, 1.82) is 5.26 Å². The molecule has 7 heteroatoms. The van der Waals surface area contributed by atoms with Crippen molar-refractivity contribution in [3.63, 3.8) is 0 Å². The fourth-order valence-corrected chi connectivity index (χ4v) is 4.06. The average molecular weight is 447 g/mol. The van der Waals surface area contributed by atoms with Crippen LogP contribution in [-0.2, 0) is 4.74 Å². The van der Waals surface area contributed by atoms with Crippen LogP contribution < -0.4 is 5.32 Å². The zero-order valence-corrected chi connectivity index (χ0v) is 18.9. The van der Waals surface area contributed by atoms with E-state index < -0.39 is 5.67 Å². The molecule has 170 valence electrons. The Morgan fingerprint density at radius 1 is 1.30 bits per heavy atom. The fourth-order valence-electron chi connectivity index (χ4n) is 4.06. The molecular weight excluding hydrogens is 419 g/mol. The van der Waals surface area contributed by atoms with Crippen LogP contribution in [0.25, 0.3) is 5.70 Å². The normalized spacial score (nSPS) is 17.8. The highest BCUT2D eigenvalue weighted by Gasteiger charge is 2.39. The molecule has 2 heterocycles. The molecule has 0 aromatic heterocycles. The first-order valence-electron chi connectivity index (χ1n) is 10.9. The van der Waals surface area contributed by atoms with Crippen LogP contribution in [0.5, 0.6) is 0 Å². The van der Waals surface area contributed by atoms with E-state index in [1.165, 1.54) is 0 Å². The number of aryl methyl sites for hydroxylation is 1. The van der Waals surface area contributed by atoms with Gasteiger partial charge >= 0.3 is 0 Å². The Balaban J connectivity index is 1.49. The molecule has 0 spiro atoms. The van der Waals surface area contributed by atoms with Gasteiger partial charge in [0.15, 0.2) is 5.67 Å². The molecule has 0 atom stereocenters. The first kappa shape index (κ1) is 22.7. The van der Waals surface area contributed by atoms with Gasteiger partial charge in [0.2, 0.25) is 0 Å². The Labute approximate surface area is 193 Å². The van der Waals surface area contributed by atoms with Gasteiger partial charge in [-0.05, 0) is 56.0 Å². The number of aliphatic imine (C=N–C) groups is 1. The maximum atomic E-state index is 14.5. The molecule has 2 aromatic carbocycles. The van der Waals surface area contributed by atoms with Crippen molar-refractivity contribution in [3.05, 3.63) is 76.0 Å². The third-order valence-electron chi connectivity index (χ3n) is 6.34.